The SMILES string of the molecule is O=C(Cn1cc(-c2cnc(NCc3cccc(OC(F)(F)F)c3)nc2)nn1)N1CCc2n[nH]nc2C1. The van der Waals surface area contributed by atoms with Crippen molar-refractivity contribution in [2.75, 3.05) is 11.9 Å². The molecule has 0 aliphatic carbocycles. The Balaban J connectivity index is 1.16. The van der Waals surface area contributed by atoms with Crippen LogP contribution in [0.4, 0.5) is 19.1 Å². The van der Waals surface area contributed by atoms with Crippen molar-refractivity contribution in [1.29, 1.82) is 0 Å². The predicted molar refractivity (Wildman–Crippen MR) is 117 cm³/mol. The smallest absolute Gasteiger partial charge is 0.406 e. The molecule has 0 saturated heterocycles. The van der Waals surface area contributed by atoms with Crippen molar-refractivity contribution >= 4 is 11.9 Å². The number of aromatic amines is 1. The number of rotatable bonds is 7. The second kappa shape index (κ2) is 9.59. The number of alkyl halides is 3. The number of ether oxygens (including phenoxy) is 1. The highest BCUT2D eigenvalue weighted by molar-refractivity contribution is 5.76. The standard InChI is InChI=1S/C21H19F3N10O2/c22-21(23,24)36-15-3-1-2-13(6-15)7-25-20-26-8-14(9-27-20)17-11-34(32-30-17)12-19(35)33-5-4-16-18(10-33)29-31-28-16/h1-3,6,8-9,11H,4-5,7,10,12H2,(H,25,26,27)(H,28,29,31). The predicted octanol–water partition coefficient (Wildman–Crippen LogP) is 1.95. The third-order valence-electron chi connectivity index (χ3n) is 5.38. The lowest BCUT2D eigenvalue weighted by Gasteiger charge is -2.25. The minimum absolute atomic E-state index is 0.0256. The van der Waals surface area contributed by atoms with Gasteiger partial charge in [0.2, 0.25) is 11.9 Å². The van der Waals surface area contributed by atoms with Gasteiger partial charge in [0, 0.05) is 37.5 Å². The van der Waals surface area contributed by atoms with Gasteiger partial charge in [0.25, 0.3) is 0 Å². The van der Waals surface area contributed by atoms with Crippen LogP contribution in [0.25, 0.3) is 11.3 Å². The van der Waals surface area contributed by atoms with Gasteiger partial charge in [0.05, 0.1) is 18.4 Å². The molecule has 0 bridgehead atoms. The maximum atomic E-state index is 12.7. The number of anilines is 1. The Morgan fingerprint density at radius 2 is 1.97 bits per heavy atom. The first-order valence-electron chi connectivity index (χ1n) is 10.8. The molecule has 0 radical (unpaired) electrons. The normalized spacial score (nSPS) is 13.4. The van der Waals surface area contributed by atoms with E-state index in [1.165, 1.54) is 35.3 Å². The van der Waals surface area contributed by atoms with E-state index in [1.807, 2.05) is 0 Å². The number of benzene rings is 1. The molecule has 4 heterocycles. The number of halogens is 3. The summed E-state index contributed by atoms with van der Waals surface area (Å²) in [4.78, 5) is 22.8. The minimum Gasteiger partial charge on any atom is -0.406 e. The first-order chi connectivity index (χ1) is 17.3. The van der Waals surface area contributed by atoms with Crippen LogP contribution in [0.15, 0.2) is 42.9 Å². The summed E-state index contributed by atoms with van der Waals surface area (Å²) in [6, 6.07) is 5.62. The molecular formula is C21H19F3N10O2. The van der Waals surface area contributed by atoms with E-state index >= 15 is 0 Å². The van der Waals surface area contributed by atoms with E-state index in [0.29, 0.717) is 36.3 Å². The molecule has 1 amide bonds. The number of fused-ring (bicyclic) bond motifs is 1. The van der Waals surface area contributed by atoms with Crippen molar-refractivity contribution in [2.24, 2.45) is 0 Å². The van der Waals surface area contributed by atoms with Crippen molar-refractivity contribution in [3.8, 4) is 17.0 Å². The van der Waals surface area contributed by atoms with Gasteiger partial charge in [-0.05, 0) is 17.7 Å². The van der Waals surface area contributed by atoms with Crippen molar-refractivity contribution in [3.63, 3.8) is 0 Å². The van der Waals surface area contributed by atoms with Gasteiger partial charge in [-0.25, -0.2) is 14.6 Å². The number of nitrogens with zero attached hydrogens (tertiary/aromatic N) is 8. The van der Waals surface area contributed by atoms with E-state index in [-0.39, 0.29) is 30.7 Å². The third-order valence-corrected chi connectivity index (χ3v) is 5.38. The maximum Gasteiger partial charge on any atom is 0.573 e. The fraction of sp³-hybridized carbons (Fsp3) is 0.286. The van der Waals surface area contributed by atoms with E-state index in [9.17, 15) is 18.0 Å². The molecule has 15 heteroatoms. The fourth-order valence-electron chi connectivity index (χ4n) is 3.65. The van der Waals surface area contributed by atoms with Crippen LogP contribution < -0.4 is 10.1 Å². The molecule has 2 N–H and O–H groups in total. The van der Waals surface area contributed by atoms with Crippen molar-refractivity contribution in [2.45, 2.75) is 32.4 Å². The van der Waals surface area contributed by atoms with Gasteiger partial charge in [-0.1, -0.05) is 17.3 Å². The summed E-state index contributed by atoms with van der Waals surface area (Å²) in [5, 5.41) is 21.7. The number of aromatic nitrogens is 8. The van der Waals surface area contributed by atoms with E-state index < -0.39 is 6.36 Å². The topological polar surface area (TPSA) is 140 Å². The van der Waals surface area contributed by atoms with Gasteiger partial charge in [-0.15, -0.1) is 18.3 Å². The summed E-state index contributed by atoms with van der Waals surface area (Å²) >= 11 is 0. The number of carbonyl (C=O) groups excluding carboxylic acids is 1. The van der Waals surface area contributed by atoms with Crippen LogP contribution in [0.2, 0.25) is 0 Å². The Hall–Kier alpha value is -4.56. The monoisotopic (exact) mass is 500 g/mol. The Labute approximate surface area is 201 Å². The average molecular weight is 500 g/mol. The largest absolute Gasteiger partial charge is 0.573 e. The summed E-state index contributed by atoms with van der Waals surface area (Å²) in [5.74, 6) is -0.135. The van der Waals surface area contributed by atoms with Crippen molar-refractivity contribution in [3.05, 3.63) is 59.8 Å². The first-order valence-corrected chi connectivity index (χ1v) is 10.8. The number of nitrogens with one attached hydrogen (secondary N) is 2. The lowest BCUT2D eigenvalue weighted by atomic mass is 10.1. The van der Waals surface area contributed by atoms with E-state index in [4.69, 9.17) is 0 Å². The molecule has 1 aliphatic rings. The van der Waals surface area contributed by atoms with Crippen LogP contribution >= 0.6 is 0 Å². The van der Waals surface area contributed by atoms with Gasteiger partial charge >= 0.3 is 6.36 Å². The van der Waals surface area contributed by atoms with Crippen LogP contribution in [-0.2, 0) is 30.8 Å². The summed E-state index contributed by atoms with van der Waals surface area (Å²) in [7, 11) is 0. The molecule has 5 rings (SSSR count). The molecule has 0 spiro atoms. The number of carbonyl (C=O) groups is 1. The first kappa shape index (κ1) is 23.2. The lowest BCUT2D eigenvalue weighted by Crippen LogP contribution is -2.38. The molecule has 12 nitrogen and oxygen atoms in total. The molecule has 1 aromatic carbocycles. The van der Waals surface area contributed by atoms with Gasteiger partial charge in [-0.3, -0.25) is 4.79 Å². The number of H-pyrrole nitrogens is 1. The van der Waals surface area contributed by atoms with E-state index in [0.717, 1.165) is 11.4 Å². The van der Waals surface area contributed by atoms with E-state index in [2.05, 4.69) is 45.7 Å². The number of hydrogen-bond donors (Lipinski definition) is 2. The molecule has 4 aromatic rings. The van der Waals surface area contributed by atoms with Crippen LogP contribution in [0.3, 0.4) is 0 Å². The van der Waals surface area contributed by atoms with Gasteiger partial charge in [-0.2, -0.15) is 15.4 Å². The Morgan fingerprint density at radius 3 is 2.78 bits per heavy atom. The van der Waals surface area contributed by atoms with Gasteiger partial charge < -0.3 is 15.0 Å². The Morgan fingerprint density at radius 1 is 1.17 bits per heavy atom. The quantitative estimate of drug-likeness (QED) is 0.390. The highest BCUT2D eigenvalue weighted by Gasteiger charge is 2.31. The molecule has 0 atom stereocenters. The van der Waals surface area contributed by atoms with Crippen LogP contribution in [0, 0.1) is 0 Å². The molecule has 186 valence electrons. The zero-order valence-corrected chi connectivity index (χ0v) is 18.6. The molecular weight excluding hydrogens is 481 g/mol. The fourth-order valence-corrected chi connectivity index (χ4v) is 3.65. The zero-order valence-electron chi connectivity index (χ0n) is 18.6. The number of amides is 1. The van der Waals surface area contributed by atoms with Crippen LogP contribution in [0.5, 0.6) is 5.75 Å². The van der Waals surface area contributed by atoms with Gasteiger partial charge in [0.1, 0.15) is 23.7 Å². The molecule has 3 aromatic heterocycles. The molecule has 0 fully saturated rings. The second-order valence-electron chi connectivity index (χ2n) is 7.93. The lowest BCUT2D eigenvalue weighted by molar-refractivity contribution is -0.274. The Bertz CT molecular complexity index is 1350. The zero-order chi connectivity index (χ0) is 25.1. The van der Waals surface area contributed by atoms with E-state index in [1.54, 1.807) is 17.2 Å². The number of hydrogen-bond acceptors (Lipinski definition) is 9. The summed E-state index contributed by atoms with van der Waals surface area (Å²) in [5.41, 5.74) is 3.28. The average Bonchev–Trinajstić information content (AvgIpc) is 3.51. The van der Waals surface area contributed by atoms with Crippen molar-refractivity contribution in [1.82, 2.24) is 45.3 Å². The summed E-state index contributed by atoms with van der Waals surface area (Å²) in [6.07, 6.45) is 0.582. The summed E-state index contributed by atoms with van der Waals surface area (Å²) < 4.78 is 42.6. The third kappa shape index (κ3) is 5.56. The molecule has 1 aliphatic heterocycles. The minimum atomic E-state index is -4.75. The highest BCUT2D eigenvalue weighted by atomic mass is 19.4. The summed E-state index contributed by atoms with van der Waals surface area (Å²) in [6.45, 7) is 1.17. The van der Waals surface area contributed by atoms with Crippen LogP contribution in [-0.4, -0.2) is 64.1 Å². The van der Waals surface area contributed by atoms with Gasteiger partial charge in [0.15, 0.2) is 0 Å². The molecule has 36 heavy (non-hydrogen) atoms. The highest BCUT2D eigenvalue weighted by Crippen LogP contribution is 2.23. The molecule has 0 unspecified atom stereocenters. The van der Waals surface area contributed by atoms with Crippen LogP contribution in [0.1, 0.15) is 17.0 Å². The van der Waals surface area contributed by atoms with Crippen molar-refractivity contribution < 1.29 is 22.7 Å². The molecule has 0 saturated carbocycles. The second-order valence-corrected chi connectivity index (χ2v) is 7.93. The maximum absolute atomic E-state index is 12.7. The Kier molecular flexibility index (Phi) is 6.18.